The van der Waals surface area contributed by atoms with E-state index in [0.717, 1.165) is 10.1 Å². The van der Waals surface area contributed by atoms with E-state index in [4.69, 9.17) is 5.14 Å². The predicted molar refractivity (Wildman–Crippen MR) is 69.1 cm³/mol. The molecule has 0 aliphatic rings. The molecule has 0 unspecified atom stereocenters. The van der Waals surface area contributed by atoms with Gasteiger partial charge in [-0.25, -0.2) is 13.6 Å². The first-order valence-electron chi connectivity index (χ1n) is 4.91. The number of aromatic amines is 1. The van der Waals surface area contributed by atoms with Gasteiger partial charge in [0.1, 0.15) is 4.70 Å². The van der Waals surface area contributed by atoms with E-state index in [-0.39, 0.29) is 0 Å². The van der Waals surface area contributed by atoms with E-state index in [1.165, 1.54) is 11.3 Å². The highest BCUT2D eigenvalue weighted by atomic mass is 32.2. The topological polar surface area (TPSA) is 106 Å². The summed E-state index contributed by atoms with van der Waals surface area (Å²) in [6.07, 6.45) is 0. The zero-order valence-electron chi connectivity index (χ0n) is 8.88. The van der Waals surface area contributed by atoms with Crippen LogP contribution in [0.25, 0.3) is 20.3 Å². The summed E-state index contributed by atoms with van der Waals surface area (Å²) in [7, 11) is -4.03. The van der Waals surface area contributed by atoms with Gasteiger partial charge >= 0.3 is 0 Å². The van der Waals surface area contributed by atoms with Crippen LogP contribution in [0.3, 0.4) is 0 Å². The van der Waals surface area contributed by atoms with Crippen LogP contribution in [0.1, 0.15) is 0 Å². The Bertz CT molecular complexity index is 924. The smallest absolute Gasteiger partial charge is 0.291 e. The molecule has 0 bridgehead atoms. The van der Waals surface area contributed by atoms with E-state index in [0.29, 0.717) is 10.2 Å². The van der Waals surface area contributed by atoms with Crippen molar-refractivity contribution in [2.75, 3.05) is 0 Å². The number of primary sulfonamides is 1. The van der Waals surface area contributed by atoms with Crippen LogP contribution in [-0.2, 0) is 10.0 Å². The van der Waals surface area contributed by atoms with Crippen molar-refractivity contribution in [2.24, 2.45) is 5.14 Å². The first kappa shape index (κ1) is 11.3. The molecular weight excluding hydrogens is 274 g/mol. The minimum absolute atomic E-state index is 0.392. The van der Waals surface area contributed by atoms with Crippen molar-refractivity contribution < 1.29 is 8.42 Å². The van der Waals surface area contributed by atoms with Crippen LogP contribution in [0.5, 0.6) is 0 Å². The summed E-state index contributed by atoms with van der Waals surface area (Å²) in [4.78, 5) is 17.8. The second kappa shape index (κ2) is 3.61. The summed E-state index contributed by atoms with van der Waals surface area (Å²) < 4.78 is 23.7. The highest BCUT2D eigenvalue weighted by Crippen LogP contribution is 2.30. The van der Waals surface area contributed by atoms with Crippen LogP contribution in [0.15, 0.2) is 34.2 Å². The molecule has 0 spiro atoms. The molecule has 0 saturated heterocycles. The Balaban J connectivity index is 2.56. The molecule has 0 saturated carbocycles. The Morgan fingerprint density at radius 1 is 1.28 bits per heavy atom. The van der Waals surface area contributed by atoms with Crippen LogP contribution in [0, 0.1) is 0 Å². The van der Waals surface area contributed by atoms with Crippen molar-refractivity contribution in [3.05, 3.63) is 34.6 Å². The van der Waals surface area contributed by atoms with Crippen molar-refractivity contribution >= 4 is 41.7 Å². The number of benzene rings is 1. The lowest BCUT2D eigenvalue weighted by Gasteiger charge is -1.97. The van der Waals surface area contributed by atoms with E-state index in [2.05, 4.69) is 9.97 Å². The van der Waals surface area contributed by atoms with Gasteiger partial charge in [-0.1, -0.05) is 18.2 Å². The molecule has 3 rings (SSSR count). The lowest BCUT2D eigenvalue weighted by molar-refractivity contribution is 0.589. The lowest BCUT2D eigenvalue weighted by atomic mass is 10.2. The first-order chi connectivity index (χ1) is 8.47. The van der Waals surface area contributed by atoms with Gasteiger partial charge in [-0.2, -0.15) is 4.98 Å². The largest absolute Gasteiger partial charge is 0.327 e. The number of hydrogen-bond acceptors (Lipinski definition) is 5. The Kier molecular flexibility index (Phi) is 2.27. The zero-order valence-corrected chi connectivity index (χ0v) is 10.5. The van der Waals surface area contributed by atoms with Crippen LogP contribution >= 0.6 is 11.3 Å². The van der Waals surface area contributed by atoms with E-state index < -0.39 is 20.7 Å². The van der Waals surface area contributed by atoms with Crippen LogP contribution in [0.2, 0.25) is 0 Å². The van der Waals surface area contributed by atoms with Crippen molar-refractivity contribution in [1.29, 1.82) is 0 Å². The molecule has 6 nitrogen and oxygen atoms in total. The van der Waals surface area contributed by atoms with Crippen molar-refractivity contribution in [3.63, 3.8) is 0 Å². The SMILES string of the molecule is NS(=O)(=O)c1nc(=O)c2sc3ccccc3c2[nH]1. The number of nitrogens with zero attached hydrogens (tertiary/aromatic N) is 1. The number of H-pyrrole nitrogens is 1. The van der Waals surface area contributed by atoms with Gasteiger partial charge in [0.25, 0.3) is 15.6 Å². The number of sulfonamides is 1. The van der Waals surface area contributed by atoms with Crippen LogP contribution in [-0.4, -0.2) is 18.4 Å². The first-order valence-corrected chi connectivity index (χ1v) is 7.27. The van der Waals surface area contributed by atoms with E-state index in [1.807, 2.05) is 18.2 Å². The third kappa shape index (κ3) is 1.62. The fourth-order valence-corrected chi connectivity index (χ4v) is 3.23. The Hall–Kier alpha value is -1.77. The normalized spacial score (nSPS) is 12.3. The number of nitrogens with one attached hydrogen (secondary N) is 1. The number of rotatable bonds is 1. The van der Waals surface area contributed by atoms with Gasteiger partial charge < -0.3 is 4.98 Å². The molecular formula is C10H7N3O3S2. The Labute approximate surface area is 105 Å². The predicted octanol–water partition coefficient (Wildman–Crippen LogP) is 0.785. The van der Waals surface area contributed by atoms with Gasteiger partial charge in [0.2, 0.25) is 5.16 Å². The molecule has 1 aromatic carbocycles. The molecule has 18 heavy (non-hydrogen) atoms. The third-order valence-electron chi connectivity index (χ3n) is 2.49. The highest BCUT2D eigenvalue weighted by molar-refractivity contribution is 7.89. The molecule has 0 radical (unpaired) electrons. The lowest BCUT2D eigenvalue weighted by Crippen LogP contribution is -2.20. The summed E-state index contributed by atoms with van der Waals surface area (Å²) in [5.74, 6) is 0. The number of aromatic nitrogens is 2. The molecule has 3 aromatic rings. The average molecular weight is 281 g/mol. The molecule has 2 aromatic heterocycles. The quantitative estimate of drug-likeness (QED) is 0.643. The van der Waals surface area contributed by atoms with Crippen LogP contribution in [0.4, 0.5) is 0 Å². The minimum atomic E-state index is -4.03. The third-order valence-corrected chi connectivity index (χ3v) is 4.39. The fourth-order valence-electron chi connectivity index (χ4n) is 1.73. The number of thiophene rings is 1. The van der Waals surface area contributed by atoms with Crippen molar-refractivity contribution in [1.82, 2.24) is 9.97 Å². The standard InChI is InChI=1S/C10H7N3O3S2/c11-18(15,16)10-12-7-5-3-1-2-4-6(5)17-8(7)9(14)13-10/h1-4H,(H2,11,15,16)(H,12,13,14). The second-order valence-corrected chi connectivity index (χ2v) is 6.22. The molecule has 0 fully saturated rings. The molecule has 92 valence electrons. The monoisotopic (exact) mass is 281 g/mol. The van der Waals surface area contributed by atoms with E-state index in [9.17, 15) is 13.2 Å². The number of fused-ring (bicyclic) bond motifs is 3. The van der Waals surface area contributed by atoms with Gasteiger partial charge in [-0.05, 0) is 6.07 Å². The van der Waals surface area contributed by atoms with Crippen LogP contribution < -0.4 is 10.7 Å². The molecule has 3 N–H and O–H groups in total. The molecule has 2 heterocycles. The second-order valence-electron chi connectivity index (χ2n) is 3.69. The Morgan fingerprint density at radius 3 is 2.72 bits per heavy atom. The van der Waals surface area contributed by atoms with Gasteiger partial charge in [-0.15, -0.1) is 11.3 Å². The van der Waals surface area contributed by atoms with E-state index in [1.54, 1.807) is 6.07 Å². The molecule has 0 atom stereocenters. The van der Waals surface area contributed by atoms with Crippen molar-refractivity contribution in [2.45, 2.75) is 5.16 Å². The molecule has 0 aliphatic carbocycles. The van der Waals surface area contributed by atoms with Gasteiger partial charge in [0.15, 0.2) is 0 Å². The summed E-state index contributed by atoms with van der Waals surface area (Å²) >= 11 is 1.27. The minimum Gasteiger partial charge on any atom is -0.327 e. The maximum Gasteiger partial charge on any atom is 0.291 e. The summed E-state index contributed by atoms with van der Waals surface area (Å²) in [6, 6.07) is 7.31. The number of hydrogen-bond donors (Lipinski definition) is 2. The van der Waals surface area contributed by atoms with E-state index >= 15 is 0 Å². The highest BCUT2D eigenvalue weighted by Gasteiger charge is 2.16. The molecule has 8 heteroatoms. The maximum atomic E-state index is 11.8. The van der Waals surface area contributed by atoms with Gasteiger partial charge in [-0.3, -0.25) is 4.79 Å². The summed E-state index contributed by atoms with van der Waals surface area (Å²) in [6.45, 7) is 0. The Morgan fingerprint density at radius 2 is 2.00 bits per heavy atom. The maximum absolute atomic E-state index is 11.8. The molecule has 0 aliphatic heterocycles. The summed E-state index contributed by atoms with van der Waals surface area (Å²) in [5.41, 5.74) is -0.131. The summed E-state index contributed by atoms with van der Waals surface area (Å²) in [5, 5.41) is 5.24. The van der Waals surface area contributed by atoms with Gasteiger partial charge in [0, 0.05) is 10.1 Å². The average Bonchev–Trinajstić information content (AvgIpc) is 2.67. The van der Waals surface area contributed by atoms with Crippen molar-refractivity contribution in [3.8, 4) is 0 Å². The number of nitrogens with two attached hydrogens (primary N) is 1. The molecule has 0 amide bonds. The van der Waals surface area contributed by atoms with Gasteiger partial charge in [0.05, 0.1) is 5.52 Å². The zero-order chi connectivity index (χ0) is 12.9. The fraction of sp³-hybridized carbons (Fsp3) is 0.